The number of ether oxygens (including phenoxy) is 1. The van der Waals surface area contributed by atoms with Crippen molar-refractivity contribution >= 4 is 12.2 Å². The van der Waals surface area contributed by atoms with E-state index < -0.39 is 0 Å². The molecule has 0 aromatic carbocycles. The number of furan rings is 1. The molecule has 5 nitrogen and oxygen atoms in total. The van der Waals surface area contributed by atoms with E-state index in [9.17, 15) is 0 Å². The van der Waals surface area contributed by atoms with Gasteiger partial charge in [0.25, 0.3) is 0 Å². The quantitative estimate of drug-likeness (QED) is 0.807. The van der Waals surface area contributed by atoms with Crippen LogP contribution in [0.1, 0.15) is 0 Å². The Morgan fingerprint density at radius 3 is 3.20 bits per heavy atom. The van der Waals surface area contributed by atoms with E-state index >= 15 is 0 Å². The number of nitrogens with one attached hydrogen (secondary N) is 1. The van der Waals surface area contributed by atoms with Crippen molar-refractivity contribution in [2.24, 2.45) is 0 Å². The zero-order chi connectivity index (χ0) is 10.7. The minimum Gasteiger partial charge on any atom is -0.461 e. The SMILES string of the molecule is COCCn1c(-c2ccco2)n[nH]c1=S. The van der Waals surface area contributed by atoms with Crippen molar-refractivity contribution < 1.29 is 9.15 Å². The van der Waals surface area contributed by atoms with Crippen LogP contribution in [0.3, 0.4) is 0 Å². The highest BCUT2D eigenvalue weighted by molar-refractivity contribution is 7.71. The van der Waals surface area contributed by atoms with E-state index in [0.717, 1.165) is 0 Å². The minimum absolute atomic E-state index is 0.568. The van der Waals surface area contributed by atoms with E-state index in [1.165, 1.54) is 0 Å². The highest BCUT2D eigenvalue weighted by Crippen LogP contribution is 2.17. The van der Waals surface area contributed by atoms with E-state index in [1.54, 1.807) is 13.4 Å². The fourth-order valence-corrected chi connectivity index (χ4v) is 1.52. The Morgan fingerprint density at radius 2 is 2.53 bits per heavy atom. The summed E-state index contributed by atoms with van der Waals surface area (Å²) in [5.74, 6) is 1.39. The second-order valence-electron chi connectivity index (χ2n) is 2.97. The number of H-pyrrole nitrogens is 1. The minimum atomic E-state index is 0.568. The predicted molar refractivity (Wildman–Crippen MR) is 57.0 cm³/mol. The average Bonchev–Trinajstić information content (AvgIpc) is 2.84. The van der Waals surface area contributed by atoms with Crippen molar-refractivity contribution in [3.63, 3.8) is 0 Å². The topological polar surface area (TPSA) is 56.0 Å². The monoisotopic (exact) mass is 225 g/mol. The van der Waals surface area contributed by atoms with Gasteiger partial charge in [-0.2, -0.15) is 5.10 Å². The second kappa shape index (κ2) is 4.41. The third kappa shape index (κ3) is 2.00. The maximum absolute atomic E-state index is 5.26. The summed E-state index contributed by atoms with van der Waals surface area (Å²) in [4.78, 5) is 0. The van der Waals surface area contributed by atoms with Crippen LogP contribution in [-0.4, -0.2) is 28.5 Å². The summed E-state index contributed by atoms with van der Waals surface area (Å²) in [5, 5.41) is 6.84. The lowest BCUT2D eigenvalue weighted by Gasteiger charge is -2.03. The molecule has 0 saturated carbocycles. The summed E-state index contributed by atoms with van der Waals surface area (Å²) in [5.41, 5.74) is 0. The van der Waals surface area contributed by atoms with Crippen LogP contribution in [0.25, 0.3) is 11.6 Å². The van der Waals surface area contributed by atoms with Crippen molar-refractivity contribution in [1.29, 1.82) is 0 Å². The van der Waals surface area contributed by atoms with E-state index in [0.29, 0.717) is 29.5 Å². The first-order valence-corrected chi connectivity index (χ1v) is 4.92. The maximum atomic E-state index is 5.26. The van der Waals surface area contributed by atoms with Crippen molar-refractivity contribution in [2.45, 2.75) is 6.54 Å². The molecule has 0 amide bonds. The third-order valence-electron chi connectivity index (χ3n) is 2.02. The molecule has 1 N–H and O–H groups in total. The summed E-state index contributed by atoms with van der Waals surface area (Å²) in [6.07, 6.45) is 1.60. The standard InChI is InChI=1S/C9H11N3O2S/c1-13-6-4-12-8(10-11-9(12)15)7-3-2-5-14-7/h2-3,5H,4,6H2,1H3,(H,11,15). The van der Waals surface area contributed by atoms with Crippen molar-refractivity contribution in [3.8, 4) is 11.6 Å². The third-order valence-corrected chi connectivity index (χ3v) is 2.33. The zero-order valence-corrected chi connectivity index (χ0v) is 9.08. The smallest absolute Gasteiger partial charge is 0.198 e. The number of nitrogens with zero attached hydrogens (tertiary/aromatic N) is 2. The van der Waals surface area contributed by atoms with Crippen LogP contribution in [-0.2, 0) is 11.3 Å². The molecule has 2 heterocycles. The molecular formula is C9H11N3O2S. The fourth-order valence-electron chi connectivity index (χ4n) is 1.30. The normalized spacial score (nSPS) is 10.7. The molecule has 0 aliphatic heterocycles. The molecule has 0 radical (unpaired) electrons. The summed E-state index contributed by atoms with van der Waals surface area (Å²) >= 11 is 5.11. The predicted octanol–water partition coefficient (Wildman–Crippen LogP) is 1.85. The van der Waals surface area contributed by atoms with Crippen molar-refractivity contribution in [1.82, 2.24) is 14.8 Å². The summed E-state index contributed by atoms with van der Waals surface area (Å²) in [6, 6.07) is 3.65. The van der Waals surface area contributed by atoms with Crippen molar-refractivity contribution in [3.05, 3.63) is 23.2 Å². The molecule has 2 aromatic heterocycles. The first-order valence-electron chi connectivity index (χ1n) is 4.51. The van der Waals surface area contributed by atoms with Crippen molar-refractivity contribution in [2.75, 3.05) is 13.7 Å². The van der Waals surface area contributed by atoms with Gasteiger partial charge in [0.05, 0.1) is 19.4 Å². The largest absolute Gasteiger partial charge is 0.461 e. The molecule has 0 unspecified atom stereocenters. The van der Waals surface area contributed by atoms with Gasteiger partial charge >= 0.3 is 0 Å². The Bertz CT molecular complexity index is 472. The highest BCUT2D eigenvalue weighted by atomic mass is 32.1. The van der Waals surface area contributed by atoms with Crippen LogP contribution in [0.15, 0.2) is 22.8 Å². The second-order valence-corrected chi connectivity index (χ2v) is 3.36. The fraction of sp³-hybridized carbons (Fsp3) is 0.333. The van der Waals surface area contributed by atoms with E-state index in [2.05, 4.69) is 10.2 Å². The molecule has 6 heteroatoms. The average molecular weight is 225 g/mol. The lowest BCUT2D eigenvalue weighted by molar-refractivity contribution is 0.187. The first-order chi connectivity index (χ1) is 7.33. The summed E-state index contributed by atoms with van der Waals surface area (Å²) in [7, 11) is 1.65. The number of hydrogen-bond acceptors (Lipinski definition) is 4. The Labute approximate surface area is 91.7 Å². The highest BCUT2D eigenvalue weighted by Gasteiger charge is 2.10. The molecule has 0 bridgehead atoms. The Balaban J connectivity index is 2.36. The Kier molecular flexibility index (Phi) is 2.98. The van der Waals surface area contributed by atoms with Crippen LogP contribution in [0.5, 0.6) is 0 Å². The molecule has 0 aliphatic rings. The molecule has 0 fully saturated rings. The van der Waals surface area contributed by atoms with Gasteiger partial charge in [-0.25, -0.2) is 0 Å². The molecule has 0 saturated heterocycles. The zero-order valence-electron chi connectivity index (χ0n) is 8.27. The Morgan fingerprint density at radius 1 is 1.67 bits per heavy atom. The van der Waals surface area contributed by atoms with Crippen LogP contribution < -0.4 is 0 Å². The molecule has 15 heavy (non-hydrogen) atoms. The molecular weight excluding hydrogens is 214 g/mol. The van der Waals surface area contributed by atoms with Gasteiger partial charge < -0.3 is 9.15 Å². The molecule has 0 atom stereocenters. The first kappa shape index (κ1) is 10.1. The van der Waals surface area contributed by atoms with Gasteiger partial charge in [0.2, 0.25) is 0 Å². The maximum Gasteiger partial charge on any atom is 0.198 e. The van der Waals surface area contributed by atoms with Gasteiger partial charge in [0.15, 0.2) is 16.4 Å². The molecule has 0 aliphatic carbocycles. The van der Waals surface area contributed by atoms with Gasteiger partial charge in [-0.1, -0.05) is 0 Å². The van der Waals surface area contributed by atoms with E-state index in [1.807, 2.05) is 16.7 Å². The lowest BCUT2D eigenvalue weighted by Crippen LogP contribution is -2.05. The summed E-state index contributed by atoms with van der Waals surface area (Å²) < 4.78 is 12.7. The molecule has 0 spiro atoms. The van der Waals surface area contributed by atoms with Gasteiger partial charge in [0, 0.05) is 7.11 Å². The van der Waals surface area contributed by atoms with Crippen LogP contribution >= 0.6 is 12.2 Å². The number of rotatable bonds is 4. The van der Waals surface area contributed by atoms with Crippen LogP contribution in [0.2, 0.25) is 0 Å². The van der Waals surface area contributed by atoms with Gasteiger partial charge in [0.1, 0.15) is 0 Å². The van der Waals surface area contributed by atoms with Crippen LogP contribution in [0, 0.1) is 4.77 Å². The molecule has 2 aromatic rings. The molecule has 80 valence electrons. The van der Waals surface area contributed by atoms with E-state index in [-0.39, 0.29) is 0 Å². The number of methoxy groups -OCH3 is 1. The Hall–Kier alpha value is -1.40. The molecule has 2 rings (SSSR count). The van der Waals surface area contributed by atoms with Gasteiger partial charge in [-0.3, -0.25) is 9.67 Å². The number of hydrogen-bond donors (Lipinski definition) is 1. The van der Waals surface area contributed by atoms with Gasteiger partial charge in [-0.15, -0.1) is 0 Å². The van der Waals surface area contributed by atoms with E-state index in [4.69, 9.17) is 21.4 Å². The lowest BCUT2D eigenvalue weighted by atomic mass is 10.4. The van der Waals surface area contributed by atoms with Gasteiger partial charge in [-0.05, 0) is 24.4 Å². The number of aromatic amines is 1. The van der Waals surface area contributed by atoms with Crippen LogP contribution in [0.4, 0.5) is 0 Å². The summed E-state index contributed by atoms with van der Waals surface area (Å²) in [6.45, 7) is 1.24. The number of aromatic nitrogens is 3.